The van der Waals surface area contributed by atoms with Crippen LogP contribution in [0.25, 0.3) is 0 Å². The zero-order valence-electron chi connectivity index (χ0n) is 16.7. The van der Waals surface area contributed by atoms with Crippen molar-refractivity contribution < 1.29 is 45.2 Å². The molecule has 0 radical (unpaired) electrons. The van der Waals surface area contributed by atoms with E-state index < -0.39 is 40.6 Å². The molecule has 1 aromatic carbocycles. The summed E-state index contributed by atoms with van der Waals surface area (Å²) in [5, 5.41) is 68.8. The van der Waals surface area contributed by atoms with Crippen molar-refractivity contribution in [1.82, 2.24) is 9.78 Å². The zero-order valence-corrected chi connectivity index (χ0v) is 17.5. The molecular formula is C18H23ClN2O10. The fourth-order valence-electron chi connectivity index (χ4n) is 2.28. The molecule has 1 aromatic heterocycles. The third-order valence-electron chi connectivity index (χ3n) is 3.98. The van der Waals surface area contributed by atoms with Crippen LogP contribution in [0.1, 0.15) is 31.9 Å². The molecule has 0 unspecified atom stereocenters. The van der Waals surface area contributed by atoms with Gasteiger partial charge in [0.2, 0.25) is 0 Å². The zero-order chi connectivity index (χ0) is 23.8. The molecule has 2 rings (SSSR count). The van der Waals surface area contributed by atoms with E-state index in [4.69, 9.17) is 31.7 Å². The summed E-state index contributed by atoms with van der Waals surface area (Å²) in [6.45, 7) is 4.57. The van der Waals surface area contributed by atoms with Crippen LogP contribution in [0, 0.1) is 0 Å². The second-order valence-electron chi connectivity index (χ2n) is 7.65. The van der Waals surface area contributed by atoms with Gasteiger partial charge in [-0.3, -0.25) is 4.79 Å². The largest absolute Gasteiger partial charge is 0.432 e. The molecule has 2 aromatic rings. The molecular weight excluding hydrogens is 440 g/mol. The molecule has 0 aliphatic heterocycles. The van der Waals surface area contributed by atoms with Crippen molar-refractivity contribution in [2.45, 2.75) is 50.8 Å². The Hall–Kier alpha value is -2.13. The molecule has 1 heterocycles. The van der Waals surface area contributed by atoms with E-state index in [1.165, 1.54) is 12.1 Å². The molecule has 0 fully saturated rings. The SMILES string of the molecule is CC(C)(C)n1ncc(OC(O)(O)c2ccc(COC(O)(O)C(O)(O)O)cc2)c(Cl)c1=O. The lowest BCUT2D eigenvalue weighted by molar-refractivity contribution is -0.524. The summed E-state index contributed by atoms with van der Waals surface area (Å²) >= 11 is 6.00. The van der Waals surface area contributed by atoms with Crippen LogP contribution in [-0.4, -0.2) is 57.5 Å². The summed E-state index contributed by atoms with van der Waals surface area (Å²) in [5.74, 6) is -10.9. The lowest BCUT2D eigenvalue weighted by atomic mass is 10.1. The molecule has 13 heteroatoms. The molecule has 0 saturated carbocycles. The first-order valence-electron chi connectivity index (χ1n) is 8.73. The van der Waals surface area contributed by atoms with Gasteiger partial charge >= 0.3 is 17.9 Å². The Kier molecular flexibility index (Phi) is 6.83. The maximum atomic E-state index is 12.3. The van der Waals surface area contributed by atoms with E-state index in [1.807, 2.05) is 0 Å². The lowest BCUT2D eigenvalue weighted by Crippen LogP contribution is -2.56. The summed E-state index contributed by atoms with van der Waals surface area (Å²) in [6, 6.07) is 4.83. The predicted molar refractivity (Wildman–Crippen MR) is 103 cm³/mol. The molecule has 0 bridgehead atoms. The van der Waals surface area contributed by atoms with Crippen LogP contribution in [0.4, 0.5) is 0 Å². The highest BCUT2D eigenvalue weighted by molar-refractivity contribution is 6.31. The smallest absolute Gasteiger partial charge is 0.365 e. The molecule has 0 amide bonds. The van der Waals surface area contributed by atoms with Crippen molar-refractivity contribution in [2.24, 2.45) is 0 Å². The number of rotatable bonds is 7. The summed E-state index contributed by atoms with van der Waals surface area (Å²) in [5.41, 5.74) is -1.36. The number of aromatic nitrogens is 2. The first kappa shape index (κ1) is 25.1. The van der Waals surface area contributed by atoms with Crippen LogP contribution in [0.5, 0.6) is 5.75 Å². The Morgan fingerprint density at radius 1 is 1.00 bits per heavy atom. The average molecular weight is 463 g/mol. The summed E-state index contributed by atoms with van der Waals surface area (Å²) in [7, 11) is 0. The van der Waals surface area contributed by atoms with Crippen molar-refractivity contribution in [1.29, 1.82) is 0 Å². The summed E-state index contributed by atoms with van der Waals surface area (Å²) < 4.78 is 10.6. The summed E-state index contributed by atoms with van der Waals surface area (Å²) in [6.07, 6.45) is 1.06. The second-order valence-corrected chi connectivity index (χ2v) is 8.03. The van der Waals surface area contributed by atoms with Crippen molar-refractivity contribution >= 4 is 11.6 Å². The molecule has 0 aliphatic carbocycles. The van der Waals surface area contributed by atoms with Gasteiger partial charge < -0.3 is 45.2 Å². The van der Waals surface area contributed by atoms with Crippen LogP contribution in [0.3, 0.4) is 0 Å². The highest BCUT2D eigenvalue weighted by Gasteiger charge is 2.48. The first-order valence-corrected chi connectivity index (χ1v) is 9.11. The normalized spacial score (nSPS) is 13.4. The van der Waals surface area contributed by atoms with E-state index in [0.717, 1.165) is 23.0 Å². The van der Waals surface area contributed by atoms with Gasteiger partial charge in [-0.2, -0.15) is 5.10 Å². The van der Waals surface area contributed by atoms with Crippen molar-refractivity contribution in [3.05, 3.63) is 57.0 Å². The Morgan fingerprint density at radius 3 is 2.03 bits per heavy atom. The van der Waals surface area contributed by atoms with E-state index in [9.17, 15) is 25.2 Å². The van der Waals surface area contributed by atoms with Gasteiger partial charge in [-0.15, -0.1) is 0 Å². The number of halogens is 1. The van der Waals surface area contributed by atoms with Gasteiger partial charge in [-0.25, -0.2) is 4.68 Å². The van der Waals surface area contributed by atoms with E-state index in [0.29, 0.717) is 0 Å². The maximum Gasteiger partial charge on any atom is 0.365 e. The molecule has 31 heavy (non-hydrogen) atoms. The van der Waals surface area contributed by atoms with Crippen LogP contribution in [0.2, 0.25) is 5.02 Å². The Balaban J connectivity index is 2.18. The van der Waals surface area contributed by atoms with Crippen molar-refractivity contribution in [2.75, 3.05) is 0 Å². The Bertz CT molecular complexity index is 975. The van der Waals surface area contributed by atoms with Crippen LogP contribution >= 0.6 is 11.6 Å². The van der Waals surface area contributed by atoms with Gasteiger partial charge in [-0.05, 0) is 38.5 Å². The third-order valence-corrected chi connectivity index (χ3v) is 4.33. The Morgan fingerprint density at radius 2 is 1.55 bits per heavy atom. The van der Waals surface area contributed by atoms with Crippen LogP contribution in [0.15, 0.2) is 35.3 Å². The van der Waals surface area contributed by atoms with Crippen LogP contribution in [-0.2, 0) is 22.9 Å². The molecule has 7 N–H and O–H groups in total. The topological polar surface area (TPSA) is 195 Å². The number of benzene rings is 1. The van der Waals surface area contributed by atoms with Gasteiger partial charge in [0.1, 0.15) is 0 Å². The third kappa shape index (κ3) is 5.77. The fraction of sp³-hybridized carbons (Fsp3) is 0.444. The van der Waals surface area contributed by atoms with Crippen molar-refractivity contribution in [3.63, 3.8) is 0 Å². The number of aliphatic hydroxyl groups is 7. The minimum Gasteiger partial charge on any atom is -0.432 e. The fourth-order valence-corrected chi connectivity index (χ4v) is 2.45. The second kappa shape index (κ2) is 8.43. The lowest BCUT2D eigenvalue weighted by Gasteiger charge is -2.29. The van der Waals surface area contributed by atoms with Crippen LogP contribution < -0.4 is 10.3 Å². The molecule has 0 saturated heterocycles. The molecule has 172 valence electrons. The van der Waals surface area contributed by atoms with E-state index in [-0.39, 0.29) is 16.9 Å². The number of hydrogen-bond acceptors (Lipinski definition) is 11. The number of nitrogens with zero attached hydrogens (tertiary/aromatic N) is 2. The Labute approximate surface area is 180 Å². The monoisotopic (exact) mass is 462 g/mol. The van der Waals surface area contributed by atoms with E-state index in [1.54, 1.807) is 20.8 Å². The standard InChI is InChI=1S/C18H23ClN2O10/c1-15(2,3)21-14(22)13(19)12(8-20-21)31-16(23,24)11-6-4-10(5-7-11)9-30-18(28,29)17(25,26)27/h4-8,23-29H,9H2,1-3H3. The number of hydrogen-bond donors (Lipinski definition) is 7. The van der Waals surface area contributed by atoms with E-state index >= 15 is 0 Å². The van der Waals surface area contributed by atoms with Gasteiger partial charge in [0, 0.05) is 0 Å². The van der Waals surface area contributed by atoms with Gasteiger partial charge in [-0.1, -0.05) is 23.7 Å². The maximum absolute atomic E-state index is 12.3. The predicted octanol–water partition coefficient (Wildman–Crippen LogP) is -1.39. The van der Waals surface area contributed by atoms with Gasteiger partial charge in [0.05, 0.1) is 23.9 Å². The minimum absolute atomic E-state index is 0.201. The quantitative estimate of drug-likeness (QED) is 0.239. The molecule has 0 aliphatic rings. The molecule has 12 nitrogen and oxygen atoms in total. The van der Waals surface area contributed by atoms with Gasteiger partial charge in [0.15, 0.2) is 10.8 Å². The molecule has 0 atom stereocenters. The molecule has 0 spiro atoms. The highest BCUT2D eigenvalue weighted by Crippen LogP contribution is 2.28. The van der Waals surface area contributed by atoms with Crippen molar-refractivity contribution in [3.8, 4) is 5.75 Å². The number of ether oxygens (including phenoxy) is 2. The first-order chi connectivity index (χ1) is 14.0. The average Bonchev–Trinajstić information content (AvgIpc) is 2.62. The highest BCUT2D eigenvalue weighted by atomic mass is 35.5. The summed E-state index contributed by atoms with van der Waals surface area (Å²) in [4.78, 5) is 12.3. The van der Waals surface area contributed by atoms with Gasteiger partial charge in [0.25, 0.3) is 5.56 Å². The van der Waals surface area contributed by atoms with E-state index in [2.05, 4.69) is 9.84 Å². The minimum atomic E-state index is -3.93.